The van der Waals surface area contributed by atoms with Crippen LogP contribution in [0.2, 0.25) is 0 Å². The third kappa shape index (κ3) is 4.66. The molecule has 136 valence electrons. The highest BCUT2D eigenvalue weighted by Crippen LogP contribution is 2.28. The Kier molecular flexibility index (Phi) is 5.40. The highest BCUT2D eigenvalue weighted by Gasteiger charge is 2.19. The van der Waals surface area contributed by atoms with Crippen LogP contribution in [0.15, 0.2) is 42.5 Å². The largest absolute Gasteiger partial charge is 0.326 e. The predicted molar refractivity (Wildman–Crippen MR) is 100 cm³/mol. The minimum absolute atomic E-state index is 0.0196. The monoisotopic (exact) mass is 355 g/mol. The maximum atomic E-state index is 12.5. The van der Waals surface area contributed by atoms with Crippen molar-refractivity contribution in [2.24, 2.45) is 0 Å². The van der Waals surface area contributed by atoms with Crippen LogP contribution >= 0.6 is 0 Å². The average molecular weight is 355 g/mol. The molecular weight excluding hydrogens is 334 g/mol. The molecule has 0 aliphatic rings. The van der Waals surface area contributed by atoms with Crippen LogP contribution in [0.3, 0.4) is 0 Å². The van der Waals surface area contributed by atoms with Crippen LogP contribution in [0.1, 0.15) is 43.6 Å². The molecule has 2 N–H and O–H groups in total. The van der Waals surface area contributed by atoms with Crippen molar-refractivity contribution in [2.45, 2.75) is 33.1 Å². The third-order valence-corrected chi connectivity index (χ3v) is 3.77. The topological polar surface area (TPSA) is 101 Å². The number of anilines is 2. The maximum Gasteiger partial charge on any atom is 0.292 e. The minimum atomic E-state index is -0.587. The van der Waals surface area contributed by atoms with Gasteiger partial charge in [0.05, 0.1) is 4.92 Å². The molecule has 0 saturated heterocycles. The molecule has 0 fully saturated rings. The smallest absolute Gasteiger partial charge is 0.292 e. The van der Waals surface area contributed by atoms with Crippen molar-refractivity contribution in [1.82, 2.24) is 0 Å². The lowest BCUT2D eigenvalue weighted by molar-refractivity contribution is -0.383. The summed E-state index contributed by atoms with van der Waals surface area (Å²) >= 11 is 0. The van der Waals surface area contributed by atoms with Crippen LogP contribution in [0.25, 0.3) is 0 Å². The van der Waals surface area contributed by atoms with E-state index in [1.54, 1.807) is 12.1 Å². The standard InChI is InChI=1S/C19H21N3O4/c1-12(23)20-15-9-10-17(22(25)26)16(11-15)21-18(24)13-5-7-14(8-6-13)19(2,3)4/h5-11H,1-4H3,(H,20,23)(H,21,24). The van der Waals surface area contributed by atoms with Gasteiger partial charge in [0.15, 0.2) is 0 Å². The van der Waals surface area contributed by atoms with Crippen LogP contribution in [0.4, 0.5) is 17.1 Å². The van der Waals surface area contributed by atoms with Gasteiger partial charge in [0, 0.05) is 24.2 Å². The van der Waals surface area contributed by atoms with Gasteiger partial charge in [0.1, 0.15) is 5.69 Å². The van der Waals surface area contributed by atoms with Gasteiger partial charge in [-0.25, -0.2) is 0 Å². The van der Waals surface area contributed by atoms with Crippen molar-refractivity contribution in [2.75, 3.05) is 10.6 Å². The molecule has 7 heteroatoms. The van der Waals surface area contributed by atoms with Gasteiger partial charge in [-0.15, -0.1) is 0 Å². The molecule has 2 amide bonds. The summed E-state index contributed by atoms with van der Waals surface area (Å²) in [4.78, 5) is 34.2. The van der Waals surface area contributed by atoms with E-state index >= 15 is 0 Å². The number of carbonyl (C=O) groups excluding carboxylic acids is 2. The van der Waals surface area contributed by atoms with Crippen LogP contribution < -0.4 is 10.6 Å². The van der Waals surface area contributed by atoms with Gasteiger partial charge in [0.2, 0.25) is 5.91 Å². The molecule has 0 bridgehead atoms. The predicted octanol–water partition coefficient (Wildman–Crippen LogP) is 4.10. The first-order valence-corrected chi connectivity index (χ1v) is 8.06. The number of hydrogen-bond donors (Lipinski definition) is 2. The zero-order valence-corrected chi connectivity index (χ0v) is 15.1. The fourth-order valence-corrected chi connectivity index (χ4v) is 2.39. The summed E-state index contributed by atoms with van der Waals surface area (Å²) in [5.41, 5.74) is 1.55. The van der Waals surface area contributed by atoms with Gasteiger partial charge in [-0.05, 0) is 35.2 Å². The summed E-state index contributed by atoms with van der Waals surface area (Å²) in [6.07, 6.45) is 0. The van der Waals surface area contributed by atoms with E-state index in [1.165, 1.54) is 25.1 Å². The number of nitrogens with one attached hydrogen (secondary N) is 2. The van der Waals surface area contributed by atoms with Gasteiger partial charge in [-0.3, -0.25) is 19.7 Å². The number of nitro groups is 1. The first kappa shape index (κ1) is 19.1. The van der Waals surface area contributed by atoms with Crippen molar-refractivity contribution in [3.63, 3.8) is 0 Å². The van der Waals surface area contributed by atoms with Gasteiger partial charge in [-0.1, -0.05) is 32.9 Å². The fourth-order valence-electron chi connectivity index (χ4n) is 2.39. The Bertz CT molecular complexity index is 852. The molecule has 2 aromatic carbocycles. The Labute approximate surface area is 151 Å². The van der Waals surface area contributed by atoms with Crippen LogP contribution in [0, 0.1) is 10.1 Å². The molecule has 0 atom stereocenters. The number of hydrogen-bond acceptors (Lipinski definition) is 4. The Morgan fingerprint density at radius 1 is 1.00 bits per heavy atom. The zero-order chi connectivity index (χ0) is 19.5. The Morgan fingerprint density at radius 3 is 2.12 bits per heavy atom. The molecule has 26 heavy (non-hydrogen) atoms. The van der Waals surface area contributed by atoms with Crippen LogP contribution in [0.5, 0.6) is 0 Å². The number of amides is 2. The maximum absolute atomic E-state index is 12.5. The molecular formula is C19H21N3O4. The Hall–Kier alpha value is -3.22. The number of benzene rings is 2. The van der Waals surface area contributed by atoms with Crippen LogP contribution in [-0.4, -0.2) is 16.7 Å². The summed E-state index contributed by atoms with van der Waals surface area (Å²) in [6, 6.07) is 11.1. The Morgan fingerprint density at radius 2 is 1.62 bits per heavy atom. The normalized spacial score (nSPS) is 10.9. The Balaban J connectivity index is 2.29. The van der Waals surface area contributed by atoms with Gasteiger partial charge in [0.25, 0.3) is 11.6 Å². The average Bonchev–Trinajstić information content (AvgIpc) is 2.53. The summed E-state index contributed by atoms with van der Waals surface area (Å²) in [6.45, 7) is 7.54. The SMILES string of the molecule is CC(=O)Nc1ccc([N+](=O)[O-])c(NC(=O)c2ccc(C(C)(C)C)cc2)c1. The molecule has 0 spiro atoms. The summed E-state index contributed by atoms with van der Waals surface area (Å²) < 4.78 is 0. The zero-order valence-electron chi connectivity index (χ0n) is 15.1. The summed E-state index contributed by atoms with van der Waals surface area (Å²) in [5, 5.41) is 16.3. The third-order valence-electron chi connectivity index (χ3n) is 3.77. The molecule has 7 nitrogen and oxygen atoms in total. The van der Waals surface area contributed by atoms with Gasteiger partial charge >= 0.3 is 0 Å². The molecule has 0 unspecified atom stereocenters. The van der Waals surface area contributed by atoms with E-state index in [0.29, 0.717) is 11.3 Å². The second-order valence-corrected chi connectivity index (χ2v) is 6.95. The van der Waals surface area contributed by atoms with Crippen molar-refractivity contribution >= 4 is 28.9 Å². The second kappa shape index (κ2) is 7.35. The van der Waals surface area contributed by atoms with E-state index in [9.17, 15) is 19.7 Å². The molecule has 0 aliphatic heterocycles. The first-order chi connectivity index (χ1) is 12.1. The second-order valence-electron chi connectivity index (χ2n) is 6.95. The molecule has 0 aliphatic carbocycles. The highest BCUT2D eigenvalue weighted by molar-refractivity contribution is 6.06. The summed E-state index contributed by atoms with van der Waals surface area (Å²) in [7, 11) is 0. The van der Waals surface area contributed by atoms with E-state index in [0.717, 1.165) is 5.56 Å². The first-order valence-electron chi connectivity index (χ1n) is 8.06. The molecule has 2 rings (SSSR count). The highest BCUT2D eigenvalue weighted by atomic mass is 16.6. The van der Waals surface area contributed by atoms with Crippen molar-refractivity contribution in [3.8, 4) is 0 Å². The fraction of sp³-hybridized carbons (Fsp3) is 0.263. The van der Waals surface area contributed by atoms with Crippen molar-refractivity contribution in [3.05, 3.63) is 63.7 Å². The summed E-state index contributed by atoms with van der Waals surface area (Å²) in [5.74, 6) is -0.776. The molecule has 0 aromatic heterocycles. The number of nitro benzene ring substituents is 1. The number of carbonyl (C=O) groups is 2. The minimum Gasteiger partial charge on any atom is -0.326 e. The van der Waals surface area contributed by atoms with E-state index in [2.05, 4.69) is 31.4 Å². The van der Waals surface area contributed by atoms with E-state index in [4.69, 9.17) is 0 Å². The lowest BCUT2D eigenvalue weighted by atomic mass is 9.87. The quantitative estimate of drug-likeness (QED) is 0.636. The number of rotatable bonds is 4. The molecule has 0 heterocycles. The van der Waals surface area contributed by atoms with E-state index < -0.39 is 10.8 Å². The number of nitrogens with zero attached hydrogens (tertiary/aromatic N) is 1. The van der Waals surface area contributed by atoms with Crippen molar-refractivity contribution < 1.29 is 14.5 Å². The van der Waals surface area contributed by atoms with Gasteiger partial charge in [-0.2, -0.15) is 0 Å². The van der Waals surface area contributed by atoms with Crippen LogP contribution in [-0.2, 0) is 10.2 Å². The lowest BCUT2D eigenvalue weighted by Gasteiger charge is -2.19. The van der Waals surface area contributed by atoms with E-state index in [-0.39, 0.29) is 22.7 Å². The molecule has 0 saturated carbocycles. The van der Waals surface area contributed by atoms with E-state index in [1.807, 2.05) is 12.1 Å². The lowest BCUT2D eigenvalue weighted by Crippen LogP contribution is -2.15. The van der Waals surface area contributed by atoms with Crippen molar-refractivity contribution in [1.29, 1.82) is 0 Å². The molecule has 0 radical (unpaired) electrons. The molecule has 2 aromatic rings. The van der Waals surface area contributed by atoms with Gasteiger partial charge < -0.3 is 10.6 Å².